The first-order valence-corrected chi connectivity index (χ1v) is 6.70. The number of aryl methyl sites for hydroxylation is 1. The summed E-state index contributed by atoms with van der Waals surface area (Å²) in [6.45, 7) is 6.34. The first kappa shape index (κ1) is 12.2. The summed E-state index contributed by atoms with van der Waals surface area (Å²) >= 11 is 2.32. The van der Waals surface area contributed by atoms with Gasteiger partial charge >= 0.3 is 0 Å². The Morgan fingerprint density at radius 2 is 2.12 bits per heavy atom. The van der Waals surface area contributed by atoms with E-state index in [0.29, 0.717) is 6.04 Å². The average Bonchev–Trinajstić information content (AvgIpc) is 2.21. The van der Waals surface area contributed by atoms with Crippen LogP contribution in [0, 0.1) is 15.9 Å². The van der Waals surface area contributed by atoms with Crippen LogP contribution in [0.25, 0.3) is 0 Å². The molecule has 3 heteroatoms. The molecule has 1 aliphatic carbocycles. The molecule has 1 saturated carbocycles. The Morgan fingerprint density at radius 3 is 2.62 bits per heavy atom. The molecule has 2 N–H and O–H groups in total. The van der Waals surface area contributed by atoms with Gasteiger partial charge in [-0.15, -0.1) is 0 Å². The molecule has 1 aliphatic rings. The van der Waals surface area contributed by atoms with Crippen molar-refractivity contribution in [2.24, 2.45) is 5.41 Å². The maximum absolute atomic E-state index is 9.70. The van der Waals surface area contributed by atoms with E-state index in [2.05, 4.69) is 66.9 Å². The first-order valence-electron chi connectivity index (χ1n) is 5.62. The fourth-order valence-electron chi connectivity index (χ4n) is 2.12. The van der Waals surface area contributed by atoms with Gasteiger partial charge < -0.3 is 10.4 Å². The SMILES string of the molecule is Cc1cc(I)ccc1NC1CC(O)C1(C)C. The van der Waals surface area contributed by atoms with E-state index in [0.717, 1.165) is 6.42 Å². The van der Waals surface area contributed by atoms with Gasteiger partial charge in [-0.05, 0) is 59.7 Å². The van der Waals surface area contributed by atoms with Gasteiger partial charge in [-0.2, -0.15) is 0 Å². The third-order valence-electron chi connectivity index (χ3n) is 3.73. The van der Waals surface area contributed by atoms with Crippen LogP contribution in [-0.4, -0.2) is 17.3 Å². The van der Waals surface area contributed by atoms with E-state index in [4.69, 9.17) is 0 Å². The normalized spacial score (nSPS) is 27.3. The van der Waals surface area contributed by atoms with Gasteiger partial charge in [0.15, 0.2) is 0 Å². The molecule has 2 atom stereocenters. The van der Waals surface area contributed by atoms with Crippen molar-refractivity contribution in [3.63, 3.8) is 0 Å². The zero-order chi connectivity index (χ0) is 11.9. The molecule has 16 heavy (non-hydrogen) atoms. The number of hydrogen-bond donors (Lipinski definition) is 2. The van der Waals surface area contributed by atoms with Crippen LogP contribution in [0.5, 0.6) is 0 Å². The minimum Gasteiger partial charge on any atom is -0.392 e. The van der Waals surface area contributed by atoms with Crippen molar-refractivity contribution in [2.75, 3.05) is 5.32 Å². The van der Waals surface area contributed by atoms with Crippen LogP contribution in [0.15, 0.2) is 18.2 Å². The highest BCUT2D eigenvalue weighted by molar-refractivity contribution is 14.1. The van der Waals surface area contributed by atoms with Crippen molar-refractivity contribution in [1.82, 2.24) is 0 Å². The van der Waals surface area contributed by atoms with Crippen molar-refractivity contribution in [1.29, 1.82) is 0 Å². The van der Waals surface area contributed by atoms with Gasteiger partial charge in [0.2, 0.25) is 0 Å². The summed E-state index contributed by atoms with van der Waals surface area (Å²) in [7, 11) is 0. The highest BCUT2D eigenvalue weighted by atomic mass is 127. The fraction of sp³-hybridized carbons (Fsp3) is 0.538. The highest BCUT2D eigenvalue weighted by Gasteiger charge is 2.47. The summed E-state index contributed by atoms with van der Waals surface area (Å²) in [4.78, 5) is 0. The quantitative estimate of drug-likeness (QED) is 0.816. The molecule has 0 heterocycles. The molecule has 0 aromatic heterocycles. The average molecular weight is 331 g/mol. The van der Waals surface area contributed by atoms with Crippen LogP contribution >= 0.6 is 22.6 Å². The lowest BCUT2D eigenvalue weighted by Gasteiger charge is -2.50. The molecule has 0 amide bonds. The maximum atomic E-state index is 9.70. The third kappa shape index (κ3) is 2.07. The minimum atomic E-state index is -0.172. The smallest absolute Gasteiger partial charge is 0.0630 e. The number of aliphatic hydroxyl groups is 1. The summed E-state index contributed by atoms with van der Waals surface area (Å²) < 4.78 is 1.26. The van der Waals surface area contributed by atoms with Gasteiger partial charge in [0.1, 0.15) is 0 Å². The van der Waals surface area contributed by atoms with Crippen LogP contribution in [0.1, 0.15) is 25.8 Å². The van der Waals surface area contributed by atoms with Crippen LogP contribution in [0.3, 0.4) is 0 Å². The molecule has 1 aromatic carbocycles. The molecule has 1 aromatic rings. The molecule has 2 nitrogen and oxygen atoms in total. The van der Waals surface area contributed by atoms with Crippen molar-refractivity contribution in [2.45, 2.75) is 39.3 Å². The van der Waals surface area contributed by atoms with E-state index < -0.39 is 0 Å². The number of benzene rings is 1. The number of hydrogen-bond acceptors (Lipinski definition) is 2. The molecule has 0 radical (unpaired) electrons. The minimum absolute atomic E-state index is 0.0184. The number of rotatable bonds is 2. The molecule has 1 fully saturated rings. The van der Waals surface area contributed by atoms with Crippen molar-refractivity contribution >= 4 is 28.3 Å². The summed E-state index contributed by atoms with van der Waals surface area (Å²) in [5.41, 5.74) is 2.43. The molecular formula is C13H18INO. The zero-order valence-corrected chi connectivity index (χ0v) is 12.1. The summed E-state index contributed by atoms with van der Waals surface area (Å²) in [5.74, 6) is 0. The number of aliphatic hydroxyl groups excluding tert-OH is 1. The Hall–Kier alpha value is -0.290. The van der Waals surface area contributed by atoms with E-state index in [-0.39, 0.29) is 11.5 Å². The van der Waals surface area contributed by atoms with Crippen molar-refractivity contribution in [3.05, 3.63) is 27.3 Å². The highest BCUT2D eigenvalue weighted by Crippen LogP contribution is 2.42. The van der Waals surface area contributed by atoms with E-state index in [9.17, 15) is 5.11 Å². The van der Waals surface area contributed by atoms with Gasteiger partial charge in [-0.1, -0.05) is 13.8 Å². The van der Waals surface area contributed by atoms with E-state index in [1.807, 2.05) is 0 Å². The maximum Gasteiger partial charge on any atom is 0.0630 e. The van der Waals surface area contributed by atoms with Crippen LogP contribution in [0.4, 0.5) is 5.69 Å². The summed E-state index contributed by atoms with van der Waals surface area (Å²) in [6, 6.07) is 6.78. The van der Waals surface area contributed by atoms with Crippen molar-refractivity contribution in [3.8, 4) is 0 Å². The topological polar surface area (TPSA) is 32.3 Å². The van der Waals surface area contributed by atoms with E-state index in [1.165, 1.54) is 14.8 Å². The lowest BCUT2D eigenvalue weighted by Crippen LogP contribution is -2.56. The molecule has 0 bridgehead atoms. The van der Waals surface area contributed by atoms with Crippen molar-refractivity contribution < 1.29 is 5.11 Å². The lowest BCUT2D eigenvalue weighted by atomic mass is 9.64. The fourth-order valence-corrected chi connectivity index (χ4v) is 2.77. The summed E-state index contributed by atoms with van der Waals surface area (Å²) in [5, 5.41) is 13.2. The Balaban J connectivity index is 2.11. The Morgan fingerprint density at radius 1 is 1.44 bits per heavy atom. The van der Waals surface area contributed by atoms with E-state index >= 15 is 0 Å². The zero-order valence-electron chi connectivity index (χ0n) is 9.92. The van der Waals surface area contributed by atoms with Gasteiger partial charge in [0.25, 0.3) is 0 Å². The number of nitrogens with one attached hydrogen (secondary N) is 1. The Labute approximate surface area is 111 Å². The molecular weight excluding hydrogens is 313 g/mol. The molecule has 88 valence electrons. The standard InChI is InChI=1S/C13H18INO/c1-8-6-9(14)4-5-10(8)15-11-7-12(16)13(11,2)3/h4-6,11-12,15-16H,7H2,1-3H3. The third-order valence-corrected chi connectivity index (χ3v) is 4.41. The predicted molar refractivity (Wildman–Crippen MR) is 75.7 cm³/mol. The van der Waals surface area contributed by atoms with Gasteiger partial charge in [0, 0.05) is 20.7 Å². The van der Waals surface area contributed by atoms with E-state index in [1.54, 1.807) is 0 Å². The second-order valence-electron chi connectivity index (χ2n) is 5.23. The summed E-state index contributed by atoms with van der Waals surface area (Å²) in [6.07, 6.45) is 0.674. The molecule has 0 spiro atoms. The van der Waals surface area contributed by atoms with Gasteiger partial charge in [-0.3, -0.25) is 0 Å². The Kier molecular flexibility index (Phi) is 3.18. The molecule has 0 saturated heterocycles. The second kappa shape index (κ2) is 4.18. The van der Waals surface area contributed by atoms with Gasteiger partial charge in [0.05, 0.1) is 6.10 Å². The number of halogens is 1. The second-order valence-corrected chi connectivity index (χ2v) is 6.47. The first-order chi connectivity index (χ1) is 7.41. The molecule has 0 aliphatic heterocycles. The van der Waals surface area contributed by atoms with Crippen LogP contribution in [0.2, 0.25) is 0 Å². The lowest BCUT2D eigenvalue weighted by molar-refractivity contribution is -0.0510. The van der Waals surface area contributed by atoms with Gasteiger partial charge in [-0.25, -0.2) is 0 Å². The predicted octanol–water partition coefficient (Wildman–Crippen LogP) is 3.17. The monoisotopic (exact) mass is 331 g/mol. The Bertz CT molecular complexity index is 403. The van der Waals surface area contributed by atoms with Crippen LogP contribution in [-0.2, 0) is 0 Å². The molecule has 2 rings (SSSR count). The largest absolute Gasteiger partial charge is 0.392 e. The number of anilines is 1. The van der Waals surface area contributed by atoms with Crippen LogP contribution < -0.4 is 5.32 Å². The molecule has 2 unspecified atom stereocenters.